The van der Waals surface area contributed by atoms with E-state index in [1.165, 1.54) is 5.56 Å². The monoisotopic (exact) mass is 233 g/mol. The second-order valence-corrected chi connectivity index (χ2v) is 4.67. The highest BCUT2D eigenvalue weighted by Crippen LogP contribution is 2.17. The quantitative estimate of drug-likeness (QED) is 0.731. The Morgan fingerprint density at radius 3 is 2.59 bits per heavy atom. The third-order valence-electron chi connectivity index (χ3n) is 3.20. The summed E-state index contributed by atoms with van der Waals surface area (Å²) < 4.78 is 0. The molecular formula is C13H19N3O. The van der Waals surface area contributed by atoms with Crippen molar-refractivity contribution in [1.29, 1.82) is 0 Å². The smallest absolute Gasteiger partial charge is 0.319 e. The number of aryl methyl sites for hydroxylation is 1. The Morgan fingerprint density at radius 1 is 1.29 bits per heavy atom. The average Bonchev–Trinajstić information content (AvgIpc) is 2.68. The summed E-state index contributed by atoms with van der Waals surface area (Å²) in [6, 6.07) is 7.76. The molecule has 1 aliphatic carbocycles. The Hall–Kier alpha value is -1.55. The van der Waals surface area contributed by atoms with E-state index in [1.807, 2.05) is 31.2 Å². The molecule has 0 heterocycles. The van der Waals surface area contributed by atoms with Gasteiger partial charge in [0.15, 0.2) is 0 Å². The summed E-state index contributed by atoms with van der Waals surface area (Å²) in [6.07, 6.45) is 3.06. The van der Waals surface area contributed by atoms with Crippen LogP contribution in [0.2, 0.25) is 0 Å². The van der Waals surface area contributed by atoms with Gasteiger partial charge in [0.2, 0.25) is 0 Å². The fourth-order valence-electron chi connectivity index (χ4n) is 2.14. The molecule has 0 aliphatic heterocycles. The van der Waals surface area contributed by atoms with Crippen LogP contribution in [0.3, 0.4) is 0 Å². The van der Waals surface area contributed by atoms with Crippen LogP contribution in [-0.4, -0.2) is 18.1 Å². The molecule has 0 spiro atoms. The molecule has 4 heteroatoms. The highest BCUT2D eigenvalue weighted by molar-refractivity contribution is 5.89. The molecule has 1 aromatic rings. The molecule has 4 N–H and O–H groups in total. The molecule has 92 valence electrons. The fraction of sp³-hybridized carbons (Fsp3) is 0.462. The van der Waals surface area contributed by atoms with Crippen LogP contribution < -0.4 is 16.4 Å². The zero-order valence-electron chi connectivity index (χ0n) is 10.1. The zero-order chi connectivity index (χ0) is 12.3. The molecule has 0 saturated heterocycles. The number of urea groups is 1. The third-order valence-corrected chi connectivity index (χ3v) is 3.20. The van der Waals surface area contributed by atoms with Crippen molar-refractivity contribution in [3.63, 3.8) is 0 Å². The minimum atomic E-state index is -0.170. The second kappa shape index (κ2) is 5.19. The number of hydrogen-bond donors (Lipinski definition) is 3. The van der Waals surface area contributed by atoms with Gasteiger partial charge in [-0.3, -0.25) is 0 Å². The van der Waals surface area contributed by atoms with Gasteiger partial charge in [0.1, 0.15) is 0 Å². The first-order valence-corrected chi connectivity index (χ1v) is 6.05. The molecule has 1 aliphatic rings. The standard InChI is InChI=1S/C13H19N3O/c1-9-5-7-10(8-6-9)15-13(17)16-12-4-2-3-11(12)14/h5-8,11-12H,2-4,14H2,1H3,(H2,15,16,17). The largest absolute Gasteiger partial charge is 0.334 e. The van der Waals surface area contributed by atoms with Crippen LogP contribution in [0.15, 0.2) is 24.3 Å². The van der Waals surface area contributed by atoms with Gasteiger partial charge < -0.3 is 16.4 Å². The van der Waals surface area contributed by atoms with Gasteiger partial charge in [-0.05, 0) is 38.3 Å². The van der Waals surface area contributed by atoms with E-state index in [0.717, 1.165) is 24.9 Å². The molecule has 0 bridgehead atoms. The lowest BCUT2D eigenvalue weighted by Crippen LogP contribution is -2.45. The van der Waals surface area contributed by atoms with Crippen molar-refractivity contribution >= 4 is 11.7 Å². The fourth-order valence-corrected chi connectivity index (χ4v) is 2.14. The molecule has 2 unspecified atom stereocenters. The number of anilines is 1. The lowest BCUT2D eigenvalue weighted by atomic mass is 10.2. The minimum absolute atomic E-state index is 0.0961. The average molecular weight is 233 g/mol. The van der Waals surface area contributed by atoms with Gasteiger partial charge in [-0.25, -0.2) is 4.79 Å². The lowest BCUT2D eigenvalue weighted by molar-refractivity contribution is 0.247. The SMILES string of the molecule is Cc1ccc(NC(=O)NC2CCCC2N)cc1. The van der Waals surface area contributed by atoms with Gasteiger partial charge in [-0.1, -0.05) is 17.7 Å². The molecule has 1 fully saturated rings. The van der Waals surface area contributed by atoms with E-state index in [9.17, 15) is 4.79 Å². The van der Waals surface area contributed by atoms with Crippen LogP contribution in [-0.2, 0) is 0 Å². The predicted octanol–water partition coefficient (Wildman–Crippen LogP) is 2.00. The maximum atomic E-state index is 11.7. The summed E-state index contributed by atoms with van der Waals surface area (Å²) in [4.78, 5) is 11.7. The summed E-state index contributed by atoms with van der Waals surface area (Å²) in [5, 5.41) is 5.73. The molecule has 0 aromatic heterocycles. The van der Waals surface area contributed by atoms with E-state index >= 15 is 0 Å². The number of carbonyl (C=O) groups is 1. The first kappa shape index (κ1) is 11.9. The maximum absolute atomic E-state index is 11.7. The Bertz CT molecular complexity index is 388. The van der Waals surface area contributed by atoms with E-state index in [4.69, 9.17) is 5.73 Å². The Kier molecular flexibility index (Phi) is 3.64. The number of nitrogens with one attached hydrogen (secondary N) is 2. The van der Waals surface area contributed by atoms with Crippen molar-refractivity contribution in [1.82, 2.24) is 5.32 Å². The Morgan fingerprint density at radius 2 is 2.00 bits per heavy atom. The molecule has 2 atom stereocenters. The highest BCUT2D eigenvalue weighted by Gasteiger charge is 2.25. The molecule has 1 saturated carbocycles. The predicted molar refractivity (Wildman–Crippen MR) is 68.9 cm³/mol. The van der Waals surface area contributed by atoms with Gasteiger partial charge in [0.05, 0.1) is 0 Å². The molecule has 2 amide bonds. The lowest BCUT2D eigenvalue weighted by Gasteiger charge is -2.17. The molecular weight excluding hydrogens is 214 g/mol. The first-order valence-electron chi connectivity index (χ1n) is 6.05. The van der Waals surface area contributed by atoms with Gasteiger partial charge in [0, 0.05) is 17.8 Å². The van der Waals surface area contributed by atoms with Gasteiger partial charge in [-0.15, -0.1) is 0 Å². The molecule has 2 rings (SSSR count). The van der Waals surface area contributed by atoms with Crippen LogP contribution in [0.1, 0.15) is 24.8 Å². The minimum Gasteiger partial charge on any atom is -0.334 e. The number of carbonyl (C=O) groups excluding carboxylic acids is 1. The van der Waals surface area contributed by atoms with Crippen molar-refractivity contribution in [2.45, 2.75) is 38.3 Å². The van der Waals surface area contributed by atoms with Crippen molar-refractivity contribution < 1.29 is 4.79 Å². The van der Waals surface area contributed by atoms with E-state index in [-0.39, 0.29) is 18.1 Å². The van der Waals surface area contributed by atoms with Crippen molar-refractivity contribution in [2.75, 3.05) is 5.32 Å². The number of rotatable bonds is 2. The van der Waals surface area contributed by atoms with E-state index in [2.05, 4.69) is 10.6 Å². The summed E-state index contributed by atoms with van der Waals surface area (Å²) in [5.74, 6) is 0. The second-order valence-electron chi connectivity index (χ2n) is 4.67. The topological polar surface area (TPSA) is 67.2 Å². The summed E-state index contributed by atoms with van der Waals surface area (Å²) in [7, 11) is 0. The molecule has 17 heavy (non-hydrogen) atoms. The van der Waals surface area contributed by atoms with E-state index < -0.39 is 0 Å². The van der Waals surface area contributed by atoms with Crippen LogP contribution in [0.25, 0.3) is 0 Å². The normalized spacial score (nSPS) is 23.4. The van der Waals surface area contributed by atoms with E-state index in [0.29, 0.717) is 0 Å². The van der Waals surface area contributed by atoms with Gasteiger partial charge in [-0.2, -0.15) is 0 Å². The summed E-state index contributed by atoms with van der Waals surface area (Å²) >= 11 is 0. The Balaban J connectivity index is 1.86. The van der Waals surface area contributed by atoms with Gasteiger partial charge >= 0.3 is 6.03 Å². The zero-order valence-corrected chi connectivity index (χ0v) is 10.1. The van der Waals surface area contributed by atoms with Crippen LogP contribution in [0.4, 0.5) is 10.5 Å². The van der Waals surface area contributed by atoms with Crippen molar-refractivity contribution in [2.24, 2.45) is 5.73 Å². The highest BCUT2D eigenvalue weighted by atomic mass is 16.2. The molecule has 0 radical (unpaired) electrons. The third kappa shape index (κ3) is 3.20. The van der Waals surface area contributed by atoms with E-state index in [1.54, 1.807) is 0 Å². The van der Waals surface area contributed by atoms with Gasteiger partial charge in [0.25, 0.3) is 0 Å². The maximum Gasteiger partial charge on any atom is 0.319 e. The summed E-state index contributed by atoms with van der Waals surface area (Å²) in [5.41, 5.74) is 7.88. The molecule has 4 nitrogen and oxygen atoms in total. The number of hydrogen-bond acceptors (Lipinski definition) is 2. The van der Waals surface area contributed by atoms with Crippen LogP contribution >= 0.6 is 0 Å². The van der Waals surface area contributed by atoms with Crippen molar-refractivity contribution in [3.8, 4) is 0 Å². The molecule has 1 aromatic carbocycles. The first-order chi connectivity index (χ1) is 8.15. The number of benzene rings is 1. The number of nitrogens with two attached hydrogens (primary N) is 1. The Labute approximate surface area is 102 Å². The number of amides is 2. The summed E-state index contributed by atoms with van der Waals surface area (Å²) in [6.45, 7) is 2.02. The van der Waals surface area contributed by atoms with Crippen LogP contribution in [0, 0.1) is 6.92 Å². The van der Waals surface area contributed by atoms with Crippen LogP contribution in [0.5, 0.6) is 0 Å². The van der Waals surface area contributed by atoms with Crippen molar-refractivity contribution in [3.05, 3.63) is 29.8 Å².